The zero-order valence-corrected chi connectivity index (χ0v) is 11.9. The van der Waals surface area contributed by atoms with Crippen molar-refractivity contribution < 1.29 is 4.74 Å². The minimum Gasteiger partial charge on any atom is -0.381 e. The summed E-state index contributed by atoms with van der Waals surface area (Å²) in [6.45, 7) is 6.19. The summed E-state index contributed by atoms with van der Waals surface area (Å²) < 4.78 is 5.63. The quantitative estimate of drug-likeness (QED) is 0.794. The zero-order chi connectivity index (χ0) is 13.6. The second-order valence-corrected chi connectivity index (χ2v) is 6.33. The van der Waals surface area contributed by atoms with Gasteiger partial charge in [-0.1, -0.05) is 17.7 Å². The molecule has 2 aromatic rings. The number of fused-ring (bicyclic) bond motifs is 1. The molecular formula is C17H20N2O. The average Bonchev–Trinajstić information content (AvgIpc) is 3.09. The first kappa shape index (κ1) is 12.2. The smallest absolute Gasteiger partial charge is 0.136 e. The molecule has 3 nitrogen and oxygen atoms in total. The zero-order valence-electron chi connectivity index (χ0n) is 11.9. The van der Waals surface area contributed by atoms with Crippen LogP contribution in [0.4, 0.5) is 5.82 Å². The molecule has 0 amide bonds. The molecule has 1 spiro atoms. The van der Waals surface area contributed by atoms with Gasteiger partial charge < -0.3 is 9.64 Å². The summed E-state index contributed by atoms with van der Waals surface area (Å²) >= 11 is 0. The first-order valence-electron chi connectivity index (χ1n) is 7.44. The van der Waals surface area contributed by atoms with E-state index in [1.807, 2.05) is 6.20 Å². The van der Waals surface area contributed by atoms with Crippen LogP contribution in [0.1, 0.15) is 18.4 Å². The summed E-state index contributed by atoms with van der Waals surface area (Å²) in [5, 5.41) is 2.56. The molecule has 1 atom stereocenters. The highest BCUT2D eigenvalue weighted by molar-refractivity contribution is 5.92. The predicted molar refractivity (Wildman–Crippen MR) is 81.2 cm³/mol. The molecule has 4 rings (SSSR count). The minimum atomic E-state index is 0.383. The Bertz CT molecular complexity index is 646. The van der Waals surface area contributed by atoms with Crippen LogP contribution < -0.4 is 4.90 Å². The lowest BCUT2D eigenvalue weighted by atomic mass is 9.87. The van der Waals surface area contributed by atoms with Crippen LogP contribution >= 0.6 is 0 Å². The van der Waals surface area contributed by atoms with Gasteiger partial charge in [-0.05, 0) is 37.3 Å². The number of nitrogens with zero attached hydrogens (tertiary/aromatic N) is 2. The standard InChI is InChI=1S/C17H20N2O/c1-13-2-3-14-4-7-18-16(15(14)10-13)19-8-5-17(11-19)6-9-20-12-17/h2-4,7,10H,5-6,8-9,11-12H2,1H3. The van der Waals surface area contributed by atoms with Crippen molar-refractivity contribution >= 4 is 16.6 Å². The Morgan fingerprint density at radius 2 is 2.20 bits per heavy atom. The highest BCUT2D eigenvalue weighted by Crippen LogP contribution is 2.40. The van der Waals surface area contributed by atoms with Crippen molar-refractivity contribution in [1.29, 1.82) is 0 Å². The number of hydrogen-bond acceptors (Lipinski definition) is 3. The van der Waals surface area contributed by atoms with E-state index in [9.17, 15) is 0 Å². The van der Waals surface area contributed by atoms with Gasteiger partial charge in [-0.3, -0.25) is 0 Å². The fraction of sp³-hybridized carbons (Fsp3) is 0.471. The third kappa shape index (κ3) is 1.88. The van der Waals surface area contributed by atoms with E-state index in [0.29, 0.717) is 5.41 Å². The maximum absolute atomic E-state index is 5.63. The van der Waals surface area contributed by atoms with E-state index < -0.39 is 0 Å². The van der Waals surface area contributed by atoms with Gasteiger partial charge in [0.1, 0.15) is 5.82 Å². The molecule has 2 aliphatic heterocycles. The Morgan fingerprint density at radius 1 is 1.25 bits per heavy atom. The number of ether oxygens (including phenoxy) is 1. The number of hydrogen-bond donors (Lipinski definition) is 0. The van der Waals surface area contributed by atoms with Gasteiger partial charge in [0.15, 0.2) is 0 Å². The average molecular weight is 268 g/mol. The molecular weight excluding hydrogens is 248 g/mol. The maximum Gasteiger partial charge on any atom is 0.136 e. The van der Waals surface area contributed by atoms with Crippen LogP contribution in [0.5, 0.6) is 0 Å². The SMILES string of the molecule is Cc1ccc2ccnc(N3CCC4(CCOC4)C3)c2c1. The largest absolute Gasteiger partial charge is 0.381 e. The van der Waals surface area contributed by atoms with Crippen molar-refractivity contribution in [2.45, 2.75) is 19.8 Å². The molecule has 1 aromatic heterocycles. The van der Waals surface area contributed by atoms with Crippen molar-refractivity contribution in [3.63, 3.8) is 0 Å². The van der Waals surface area contributed by atoms with Gasteiger partial charge in [0, 0.05) is 36.7 Å². The van der Waals surface area contributed by atoms with Gasteiger partial charge in [-0.25, -0.2) is 4.98 Å². The summed E-state index contributed by atoms with van der Waals surface area (Å²) in [5.74, 6) is 1.15. The summed E-state index contributed by atoms with van der Waals surface area (Å²) in [7, 11) is 0. The molecule has 20 heavy (non-hydrogen) atoms. The van der Waals surface area contributed by atoms with Crippen LogP contribution in [0, 0.1) is 12.3 Å². The number of anilines is 1. The Kier molecular flexibility index (Phi) is 2.71. The van der Waals surface area contributed by atoms with Crippen LogP contribution in [0.25, 0.3) is 10.8 Å². The van der Waals surface area contributed by atoms with E-state index in [1.54, 1.807) is 0 Å². The molecule has 0 aliphatic carbocycles. The number of benzene rings is 1. The van der Waals surface area contributed by atoms with Crippen LogP contribution in [-0.4, -0.2) is 31.3 Å². The van der Waals surface area contributed by atoms with Crippen LogP contribution in [-0.2, 0) is 4.74 Å². The monoisotopic (exact) mass is 268 g/mol. The second kappa shape index (κ2) is 4.45. The van der Waals surface area contributed by atoms with Crippen molar-refractivity contribution in [2.24, 2.45) is 5.41 Å². The Labute approximate surface area is 119 Å². The third-order valence-electron chi connectivity index (χ3n) is 4.82. The van der Waals surface area contributed by atoms with Crippen molar-refractivity contribution in [3.8, 4) is 0 Å². The van der Waals surface area contributed by atoms with Crippen molar-refractivity contribution in [1.82, 2.24) is 4.98 Å². The van der Waals surface area contributed by atoms with E-state index in [4.69, 9.17) is 4.74 Å². The maximum atomic E-state index is 5.63. The molecule has 2 saturated heterocycles. The fourth-order valence-electron chi connectivity index (χ4n) is 3.61. The van der Waals surface area contributed by atoms with Gasteiger partial charge in [0.25, 0.3) is 0 Å². The lowest BCUT2D eigenvalue weighted by Crippen LogP contribution is -2.28. The van der Waals surface area contributed by atoms with Crippen LogP contribution in [0.15, 0.2) is 30.5 Å². The van der Waals surface area contributed by atoms with Crippen LogP contribution in [0.3, 0.4) is 0 Å². The van der Waals surface area contributed by atoms with Crippen molar-refractivity contribution in [2.75, 3.05) is 31.2 Å². The highest BCUT2D eigenvalue weighted by Gasteiger charge is 2.41. The Hall–Kier alpha value is -1.61. The molecule has 0 bridgehead atoms. The fourth-order valence-corrected chi connectivity index (χ4v) is 3.61. The molecule has 0 radical (unpaired) electrons. The Balaban J connectivity index is 1.74. The molecule has 1 aromatic carbocycles. The Morgan fingerprint density at radius 3 is 3.05 bits per heavy atom. The summed E-state index contributed by atoms with van der Waals surface area (Å²) in [6.07, 6.45) is 4.37. The summed E-state index contributed by atoms with van der Waals surface area (Å²) in [4.78, 5) is 7.12. The van der Waals surface area contributed by atoms with Gasteiger partial charge in [0.05, 0.1) is 6.61 Å². The molecule has 2 aliphatic rings. The molecule has 3 heterocycles. The number of pyridine rings is 1. The molecule has 3 heteroatoms. The lowest BCUT2D eigenvalue weighted by molar-refractivity contribution is 0.160. The second-order valence-electron chi connectivity index (χ2n) is 6.33. The normalized spacial score (nSPS) is 25.9. The molecule has 2 fully saturated rings. The predicted octanol–water partition coefficient (Wildman–Crippen LogP) is 3.16. The van der Waals surface area contributed by atoms with Gasteiger partial charge >= 0.3 is 0 Å². The number of aryl methyl sites for hydroxylation is 1. The highest BCUT2D eigenvalue weighted by atomic mass is 16.5. The van der Waals surface area contributed by atoms with Gasteiger partial charge in [-0.15, -0.1) is 0 Å². The number of aromatic nitrogens is 1. The molecule has 0 N–H and O–H groups in total. The summed E-state index contributed by atoms with van der Waals surface area (Å²) in [5.41, 5.74) is 1.68. The first-order valence-corrected chi connectivity index (χ1v) is 7.44. The molecule has 0 saturated carbocycles. The minimum absolute atomic E-state index is 0.383. The third-order valence-corrected chi connectivity index (χ3v) is 4.82. The van der Waals surface area contributed by atoms with Crippen molar-refractivity contribution in [3.05, 3.63) is 36.0 Å². The number of rotatable bonds is 1. The van der Waals surface area contributed by atoms with E-state index >= 15 is 0 Å². The van der Waals surface area contributed by atoms with E-state index in [-0.39, 0.29) is 0 Å². The van der Waals surface area contributed by atoms with Gasteiger partial charge in [0.2, 0.25) is 0 Å². The summed E-state index contributed by atoms with van der Waals surface area (Å²) in [6, 6.07) is 8.72. The lowest BCUT2D eigenvalue weighted by Gasteiger charge is -2.23. The van der Waals surface area contributed by atoms with Gasteiger partial charge in [-0.2, -0.15) is 0 Å². The van der Waals surface area contributed by atoms with E-state index in [0.717, 1.165) is 32.1 Å². The van der Waals surface area contributed by atoms with Crippen LogP contribution in [0.2, 0.25) is 0 Å². The molecule has 104 valence electrons. The molecule has 1 unspecified atom stereocenters. The van der Waals surface area contributed by atoms with E-state index in [1.165, 1.54) is 29.2 Å². The van der Waals surface area contributed by atoms with E-state index in [2.05, 4.69) is 41.1 Å². The topological polar surface area (TPSA) is 25.4 Å². The first-order chi connectivity index (χ1) is 9.76.